The Kier molecular flexibility index (Phi) is 5.68. The van der Waals surface area contributed by atoms with E-state index < -0.39 is 0 Å². The van der Waals surface area contributed by atoms with Crippen molar-refractivity contribution in [2.75, 3.05) is 19.6 Å². The van der Waals surface area contributed by atoms with Crippen LogP contribution in [0.25, 0.3) is 0 Å². The van der Waals surface area contributed by atoms with Crippen LogP contribution >= 0.6 is 0 Å². The van der Waals surface area contributed by atoms with Crippen LogP contribution < -0.4 is 5.32 Å². The maximum Gasteiger partial charge on any atom is 0.317 e. The van der Waals surface area contributed by atoms with E-state index in [2.05, 4.69) is 25.9 Å². The van der Waals surface area contributed by atoms with Crippen LogP contribution in [0.3, 0.4) is 0 Å². The minimum atomic E-state index is 0.0459. The Labute approximate surface area is 149 Å². The number of aromatic nitrogens is 3. The molecule has 25 heavy (non-hydrogen) atoms. The van der Waals surface area contributed by atoms with E-state index in [1.54, 1.807) is 0 Å². The van der Waals surface area contributed by atoms with Gasteiger partial charge in [-0.1, -0.05) is 6.07 Å². The summed E-state index contributed by atoms with van der Waals surface area (Å²) >= 11 is 0. The standard InChI is InChI=1S/C19H27N5O/c1-15-5-6-16(13-22-15)7-8-21-19(25)24-10-3-4-17(14-24)12-18-20-9-11-23(18)2/h5-6,9,11,13,17H,3-4,7-8,10,12,14H2,1-2H3,(H,21,25)/t17-/m0/s1. The van der Waals surface area contributed by atoms with Gasteiger partial charge in [-0.2, -0.15) is 0 Å². The molecule has 0 radical (unpaired) electrons. The number of imidazole rings is 1. The summed E-state index contributed by atoms with van der Waals surface area (Å²) in [5.41, 5.74) is 2.16. The summed E-state index contributed by atoms with van der Waals surface area (Å²) < 4.78 is 2.06. The van der Waals surface area contributed by atoms with Gasteiger partial charge in [0, 0.05) is 57.4 Å². The summed E-state index contributed by atoms with van der Waals surface area (Å²) in [5.74, 6) is 1.58. The van der Waals surface area contributed by atoms with Crippen LogP contribution in [0, 0.1) is 12.8 Å². The van der Waals surface area contributed by atoms with E-state index in [0.717, 1.165) is 55.9 Å². The number of urea groups is 1. The SMILES string of the molecule is Cc1ccc(CCNC(=O)N2CCC[C@@H](Cc3nccn3C)C2)cn1. The maximum atomic E-state index is 12.4. The molecule has 0 aliphatic carbocycles. The Morgan fingerprint density at radius 3 is 2.96 bits per heavy atom. The molecule has 3 heterocycles. The van der Waals surface area contributed by atoms with E-state index in [0.29, 0.717) is 12.5 Å². The molecule has 0 saturated carbocycles. The monoisotopic (exact) mass is 341 g/mol. The number of nitrogens with one attached hydrogen (secondary N) is 1. The van der Waals surface area contributed by atoms with Crippen LogP contribution in [-0.2, 0) is 19.9 Å². The average molecular weight is 341 g/mol. The number of hydrogen-bond donors (Lipinski definition) is 1. The molecule has 0 spiro atoms. The number of pyridine rings is 1. The first-order valence-electron chi connectivity index (χ1n) is 9.02. The predicted octanol–water partition coefficient (Wildman–Crippen LogP) is 2.33. The van der Waals surface area contributed by atoms with Gasteiger partial charge in [0.05, 0.1) is 0 Å². The first kappa shape index (κ1) is 17.5. The molecule has 1 fully saturated rings. The number of piperidine rings is 1. The third kappa shape index (κ3) is 4.81. The van der Waals surface area contributed by atoms with Gasteiger partial charge in [0.15, 0.2) is 0 Å². The number of likely N-dealkylation sites (tertiary alicyclic amines) is 1. The molecule has 0 unspecified atom stereocenters. The van der Waals surface area contributed by atoms with Gasteiger partial charge in [0.2, 0.25) is 0 Å². The van der Waals surface area contributed by atoms with Crippen molar-refractivity contribution in [1.29, 1.82) is 0 Å². The molecule has 6 heteroatoms. The van der Waals surface area contributed by atoms with Gasteiger partial charge in [-0.05, 0) is 43.7 Å². The first-order chi connectivity index (χ1) is 12.1. The molecule has 2 aromatic heterocycles. The quantitative estimate of drug-likeness (QED) is 0.908. The number of amides is 2. The molecule has 6 nitrogen and oxygen atoms in total. The average Bonchev–Trinajstić information content (AvgIpc) is 3.01. The number of rotatable bonds is 5. The number of aryl methyl sites for hydroxylation is 2. The van der Waals surface area contributed by atoms with Gasteiger partial charge in [-0.3, -0.25) is 4.98 Å². The van der Waals surface area contributed by atoms with E-state index >= 15 is 0 Å². The summed E-state index contributed by atoms with van der Waals surface area (Å²) in [7, 11) is 2.02. The van der Waals surface area contributed by atoms with Crippen LogP contribution in [0.2, 0.25) is 0 Å². The van der Waals surface area contributed by atoms with E-state index in [1.807, 2.05) is 43.5 Å². The molecule has 134 valence electrons. The molecular formula is C19H27N5O. The highest BCUT2D eigenvalue weighted by atomic mass is 16.2. The summed E-state index contributed by atoms with van der Waals surface area (Å²) in [4.78, 5) is 23.1. The lowest BCUT2D eigenvalue weighted by atomic mass is 9.94. The number of carbonyl (C=O) groups is 1. The fourth-order valence-corrected chi connectivity index (χ4v) is 3.34. The van der Waals surface area contributed by atoms with Crippen LogP contribution in [0.1, 0.15) is 29.9 Å². The van der Waals surface area contributed by atoms with Crippen molar-refractivity contribution >= 4 is 6.03 Å². The second-order valence-corrected chi connectivity index (χ2v) is 6.90. The number of carbonyl (C=O) groups excluding carboxylic acids is 1. The van der Waals surface area contributed by atoms with Gasteiger partial charge in [0.25, 0.3) is 0 Å². The fourth-order valence-electron chi connectivity index (χ4n) is 3.34. The van der Waals surface area contributed by atoms with Crippen molar-refractivity contribution in [3.05, 3.63) is 47.8 Å². The molecule has 1 aliphatic rings. The molecule has 2 amide bonds. The maximum absolute atomic E-state index is 12.4. The Morgan fingerprint density at radius 1 is 1.36 bits per heavy atom. The van der Waals surface area contributed by atoms with E-state index in [4.69, 9.17) is 0 Å². The molecule has 1 saturated heterocycles. The van der Waals surface area contributed by atoms with Gasteiger partial charge in [-0.15, -0.1) is 0 Å². The molecule has 1 atom stereocenters. The summed E-state index contributed by atoms with van der Waals surface area (Å²) in [6, 6.07) is 4.12. The van der Waals surface area contributed by atoms with Gasteiger partial charge in [-0.25, -0.2) is 9.78 Å². The lowest BCUT2D eigenvalue weighted by molar-refractivity contribution is 0.164. The number of hydrogen-bond acceptors (Lipinski definition) is 3. The molecule has 1 N–H and O–H groups in total. The Bertz CT molecular complexity index is 694. The van der Waals surface area contributed by atoms with Crippen molar-refractivity contribution in [2.45, 2.75) is 32.6 Å². The Morgan fingerprint density at radius 2 is 2.24 bits per heavy atom. The second-order valence-electron chi connectivity index (χ2n) is 6.90. The Balaban J connectivity index is 1.45. The van der Waals surface area contributed by atoms with Crippen LogP contribution in [0.15, 0.2) is 30.7 Å². The summed E-state index contributed by atoms with van der Waals surface area (Å²) in [6.07, 6.45) is 9.65. The minimum absolute atomic E-state index is 0.0459. The van der Waals surface area contributed by atoms with E-state index in [1.165, 1.54) is 0 Å². The molecule has 1 aliphatic heterocycles. The third-order valence-corrected chi connectivity index (χ3v) is 4.86. The van der Waals surface area contributed by atoms with E-state index in [-0.39, 0.29) is 6.03 Å². The highest BCUT2D eigenvalue weighted by molar-refractivity contribution is 5.74. The topological polar surface area (TPSA) is 63.1 Å². The smallest absolute Gasteiger partial charge is 0.317 e. The third-order valence-electron chi connectivity index (χ3n) is 4.86. The van der Waals surface area contributed by atoms with Gasteiger partial charge >= 0.3 is 6.03 Å². The second kappa shape index (κ2) is 8.14. The van der Waals surface area contributed by atoms with E-state index in [9.17, 15) is 4.79 Å². The van der Waals surface area contributed by atoms with Crippen molar-refractivity contribution in [1.82, 2.24) is 24.8 Å². The highest BCUT2D eigenvalue weighted by Crippen LogP contribution is 2.20. The van der Waals surface area contributed by atoms with Crippen LogP contribution in [0.4, 0.5) is 4.79 Å². The van der Waals surface area contributed by atoms with Gasteiger partial charge < -0.3 is 14.8 Å². The summed E-state index contributed by atoms with van der Waals surface area (Å²) in [6.45, 7) is 4.27. The Hall–Kier alpha value is -2.37. The first-order valence-corrected chi connectivity index (χ1v) is 9.02. The normalized spacial score (nSPS) is 17.5. The predicted molar refractivity (Wildman–Crippen MR) is 97.3 cm³/mol. The zero-order chi connectivity index (χ0) is 17.6. The molecule has 2 aromatic rings. The summed E-state index contributed by atoms with van der Waals surface area (Å²) in [5, 5.41) is 3.04. The van der Waals surface area contributed by atoms with Crippen molar-refractivity contribution in [3.63, 3.8) is 0 Å². The largest absolute Gasteiger partial charge is 0.338 e. The molecular weight excluding hydrogens is 314 g/mol. The van der Waals surface area contributed by atoms with Crippen LogP contribution in [-0.4, -0.2) is 45.1 Å². The molecule has 0 aromatic carbocycles. The van der Waals surface area contributed by atoms with Crippen LogP contribution in [0.5, 0.6) is 0 Å². The zero-order valence-electron chi connectivity index (χ0n) is 15.1. The van der Waals surface area contributed by atoms with Crippen molar-refractivity contribution in [3.8, 4) is 0 Å². The highest BCUT2D eigenvalue weighted by Gasteiger charge is 2.24. The molecule has 0 bridgehead atoms. The van der Waals surface area contributed by atoms with Crippen molar-refractivity contribution in [2.24, 2.45) is 13.0 Å². The lowest BCUT2D eigenvalue weighted by Crippen LogP contribution is -2.46. The molecule has 3 rings (SSSR count). The zero-order valence-corrected chi connectivity index (χ0v) is 15.1. The fraction of sp³-hybridized carbons (Fsp3) is 0.526. The van der Waals surface area contributed by atoms with Gasteiger partial charge in [0.1, 0.15) is 5.82 Å². The lowest BCUT2D eigenvalue weighted by Gasteiger charge is -2.32. The van der Waals surface area contributed by atoms with Crippen molar-refractivity contribution < 1.29 is 4.79 Å². The number of nitrogens with zero attached hydrogens (tertiary/aromatic N) is 4. The minimum Gasteiger partial charge on any atom is -0.338 e.